The number of hydrogen-bond acceptors (Lipinski definition) is 1. The second-order valence-corrected chi connectivity index (χ2v) is 6.51. The molecule has 2 atom stereocenters. The highest BCUT2D eigenvalue weighted by molar-refractivity contribution is 5.87. The van der Waals surface area contributed by atoms with E-state index in [0.29, 0.717) is 12.5 Å². The lowest BCUT2D eigenvalue weighted by molar-refractivity contribution is -0.137. The molecular formula is C19H22F3NO. The van der Waals surface area contributed by atoms with E-state index in [1.165, 1.54) is 18.2 Å². The SMILES string of the molecule is CC(C)CNC(=O)C=CC=C[C@@H]1C[C@H]1c1cccc(C(F)(F)F)c1. The zero-order valence-corrected chi connectivity index (χ0v) is 13.8. The van der Waals surface area contributed by atoms with Crippen molar-refractivity contribution in [2.75, 3.05) is 6.54 Å². The monoisotopic (exact) mass is 337 g/mol. The van der Waals surface area contributed by atoms with E-state index in [1.807, 2.05) is 19.9 Å². The van der Waals surface area contributed by atoms with E-state index in [1.54, 1.807) is 18.2 Å². The van der Waals surface area contributed by atoms with Gasteiger partial charge in [-0.15, -0.1) is 0 Å². The van der Waals surface area contributed by atoms with Gasteiger partial charge in [-0.05, 0) is 35.8 Å². The zero-order chi connectivity index (χ0) is 17.7. The first-order valence-corrected chi connectivity index (χ1v) is 8.07. The zero-order valence-electron chi connectivity index (χ0n) is 13.8. The lowest BCUT2D eigenvalue weighted by Gasteiger charge is -2.08. The quantitative estimate of drug-likeness (QED) is 0.592. The molecule has 2 nitrogen and oxygen atoms in total. The number of alkyl halides is 3. The molecule has 0 heterocycles. The van der Waals surface area contributed by atoms with Crippen LogP contribution in [-0.2, 0) is 11.0 Å². The molecular weight excluding hydrogens is 315 g/mol. The standard InChI is InChI=1S/C19H22F3NO/c1-13(2)12-23-18(24)9-4-3-6-15-11-17(15)14-7-5-8-16(10-14)19(20,21)22/h3-10,13,15,17H,11-12H2,1-2H3,(H,23,24)/t15-,17+/m1/s1. The molecule has 1 aromatic rings. The maximum atomic E-state index is 12.7. The number of nitrogens with one attached hydrogen (secondary N) is 1. The summed E-state index contributed by atoms with van der Waals surface area (Å²) in [5.74, 6) is 0.625. The Kier molecular flexibility index (Phi) is 5.86. The number of carbonyl (C=O) groups excluding carboxylic acids is 1. The second kappa shape index (κ2) is 7.69. The Morgan fingerprint density at radius 2 is 2.08 bits per heavy atom. The number of benzene rings is 1. The molecule has 1 N–H and O–H groups in total. The van der Waals surface area contributed by atoms with Crippen molar-refractivity contribution < 1.29 is 18.0 Å². The van der Waals surface area contributed by atoms with E-state index in [2.05, 4.69) is 5.32 Å². The third-order valence-electron chi connectivity index (χ3n) is 3.88. The Balaban J connectivity index is 1.84. The predicted molar refractivity (Wildman–Crippen MR) is 88.4 cm³/mol. The Labute approximate surface area is 140 Å². The fourth-order valence-corrected chi connectivity index (χ4v) is 2.47. The van der Waals surface area contributed by atoms with Gasteiger partial charge >= 0.3 is 6.18 Å². The minimum Gasteiger partial charge on any atom is -0.352 e. The Bertz CT molecular complexity index is 632. The van der Waals surface area contributed by atoms with Gasteiger partial charge in [-0.3, -0.25) is 4.79 Å². The van der Waals surface area contributed by atoms with Crippen molar-refractivity contribution >= 4 is 5.91 Å². The van der Waals surface area contributed by atoms with Gasteiger partial charge in [0.1, 0.15) is 0 Å². The molecule has 1 aromatic carbocycles. The third kappa shape index (κ3) is 5.55. The first-order valence-electron chi connectivity index (χ1n) is 8.07. The summed E-state index contributed by atoms with van der Waals surface area (Å²) in [6.45, 7) is 4.67. The van der Waals surface area contributed by atoms with Crippen molar-refractivity contribution in [3.63, 3.8) is 0 Å². The van der Waals surface area contributed by atoms with E-state index in [0.717, 1.165) is 18.1 Å². The summed E-state index contributed by atoms with van der Waals surface area (Å²) in [6, 6.07) is 5.52. The summed E-state index contributed by atoms with van der Waals surface area (Å²) >= 11 is 0. The third-order valence-corrected chi connectivity index (χ3v) is 3.88. The average molecular weight is 337 g/mol. The Morgan fingerprint density at radius 3 is 2.75 bits per heavy atom. The van der Waals surface area contributed by atoms with Gasteiger partial charge in [-0.25, -0.2) is 0 Å². The molecule has 1 amide bonds. The van der Waals surface area contributed by atoms with Crippen LogP contribution in [0.4, 0.5) is 13.2 Å². The van der Waals surface area contributed by atoms with Gasteiger partial charge in [-0.2, -0.15) is 13.2 Å². The topological polar surface area (TPSA) is 29.1 Å². The van der Waals surface area contributed by atoms with Crippen LogP contribution in [0.15, 0.2) is 48.6 Å². The number of halogens is 3. The molecule has 0 spiro atoms. The van der Waals surface area contributed by atoms with Crippen LogP contribution in [0.5, 0.6) is 0 Å². The number of amides is 1. The van der Waals surface area contributed by atoms with Crippen LogP contribution in [-0.4, -0.2) is 12.5 Å². The molecule has 1 saturated carbocycles. The Hall–Kier alpha value is -2.04. The van der Waals surface area contributed by atoms with Gasteiger partial charge < -0.3 is 5.32 Å². The normalized spacial score (nSPS) is 20.9. The lowest BCUT2D eigenvalue weighted by atomic mass is 10.1. The van der Waals surface area contributed by atoms with Crippen LogP contribution in [0.25, 0.3) is 0 Å². The van der Waals surface area contributed by atoms with Crippen molar-refractivity contribution in [3.05, 3.63) is 59.7 Å². The molecule has 5 heteroatoms. The molecule has 24 heavy (non-hydrogen) atoms. The molecule has 0 aromatic heterocycles. The summed E-state index contributed by atoms with van der Waals surface area (Å²) in [5, 5.41) is 2.77. The lowest BCUT2D eigenvalue weighted by Crippen LogP contribution is -2.25. The number of carbonyl (C=O) groups is 1. The minimum absolute atomic E-state index is 0.131. The average Bonchev–Trinajstić information content (AvgIpc) is 3.28. The van der Waals surface area contributed by atoms with Gasteiger partial charge in [-0.1, -0.05) is 50.3 Å². The van der Waals surface area contributed by atoms with Gasteiger partial charge in [0.05, 0.1) is 5.56 Å². The van der Waals surface area contributed by atoms with Crippen LogP contribution in [0, 0.1) is 11.8 Å². The maximum absolute atomic E-state index is 12.7. The molecule has 0 saturated heterocycles. The molecule has 0 radical (unpaired) electrons. The van der Waals surface area contributed by atoms with Crippen LogP contribution in [0.1, 0.15) is 37.3 Å². The van der Waals surface area contributed by atoms with Crippen molar-refractivity contribution in [2.24, 2.45) is 11.8 Å². The smallest absolute Gasteiger partial charge is 0.352 e. The molecule has 2 rings (SSSR count). The molecule has 130 valence electrons. The summed E-state index contributed by atoms with van der Waals surface area (Å²) in [5.41, 5.74) is 0.120. The van der Waals surface area contributed by atoms with E-state index < -0.39 is 11.7 Å². The van der Waals surface area contributed by atoms with Gasteiger partial charge in [0.2, 0.25) is 5.91 Å². The molecule has 0 bridgehead atoms. The van der Waals surface area contributed by atoms with Crippen LogP contribution < -0.4 is 5.32 Å². The van der Waals surface area contributed by atoms with Gasteiger partial charge in [0.15, 0.2) is 0 Å². The van der Waals surface area contributed by atoms with E-state index in [4.69, 9.17) is 0 Å². The first-order chi connectivity index (χ1) is 11.3. The highest BCUT2D eigenvalue weighted by Crippen LogP contribution is 2.49. The molecule has 1 aliphatic carbocycles. The summed E-state index contributed by atoms with van der Waals surface area (Å²) in [4.78, 5) is 11.5. The minimum atomic E-state index is -4.30. The summed E-state index contributed by atoms with van der Waals surface area (Å²) in [6.07, 6.45) is 3.38. The fraction of sp³-hybridized carbons (Fsp3) is 0.421. The highest BCUT2D eigenvalue weighted by atomic mass is 19.4. The van der Waals surface area contributed by atoms with E-state index in [-0.39, 0.29) is 17.7 Å². The number of rotatable bonds is 6. The van der Waals surface area contributed by atoms with Crippen molar-refractivity contribution in [2.45, 2.75) is 32.4 Å². The van der Waals surface area contributed by atoms with Crippen LogP contribution in [0.3, 0.4) is 0 Å². The summed E-state index contributed by atoms with van der Waals surface area (Å²) in [7, 11) is 0. The van der Waals surface area contributed by atoms with Crippen LogP contribution in [0.2, 0.25) is 0 Å². The highest BCUT2D eigenvalue weighted by Gasteiger charge is 2.38. The van der Waals surface area contributed by atoms with Crippen LogP contribution >= 0.6 is 0 Å². The van der Waals surface area contributed by atoms with Crippen molar-refractivity contribution in [3.8, 4) is 0 Å². The molecule has 0 aliphatic heterocycles. The Morgan fingerprint density at radius 1 is 1.33 bits per heavy atom. The first kappa shape index (κ1) is 18.3. The summed E-state index contributed by atoms with van der Waals surface area (Å²) < 4.78 is 38.2. The number of hydrogen-bond donors (Lipinski definition) is 1. The van der Waals surface area contributed by atoms with Crippen molar-refractivity contribution in [1.82, 2.24) is 5.32 Å². The number of allylic oxidation sites excluding steroid dienone is 3. The van der Waals surface area contributed by atoms with E-state index >= 15 is 0 Å². The molecule has 0 unspecified atom stereocenters. The molecule has 1 fully saturated rings. The second-order valence-electron chi connectivity index (χ2n) is 6.51. The maximum Gasteiger partial charge on any atom is 0.416 e. The van der Waals surface area contributed by atoms with Gasteiger partial charge in [0, 0.05) is 12.6 Å². The van der Waals surface area contributed by atoms with Crippen molar-refractivity contribution in [1.29, 1.82) is 0 Å². The molecule has 1 aliphatic rings. The largest absolute Gasteiger partial charge is 0.416 e. The fourth-order valence-electron chi connectivity index (χ4n) is 2.47. The van der Waals surface area contributed by atoms with Gasteiger partial charge in [0.25, 0.3) is 0 Å². The predicted octanol–water partition coefficient (Wildman–Crippen LogP) is 4.69. The van der Waals surface area contributed by atoms with E-state index in [9.17, 15) is 18.0 Å².